The number of amides is 1. The minimum absolute atomic E-state index is 0.0157. The molecule has 114 valence electrons. The molecule has 5 nitrogen and oxygen atoms in total. The zero-order valence-electron chi connectivity index (χ0n) is 12.7. The quantitative estimate of drug-likeness (QED) is 0.744. The number of carboxylic acid groups (broad SMARTS) is 1. The van der Waals surface area contributed by atoms with Crippen LogP contribution in [0.3, 0.4) is 0 Å². The molecule has 0 spiro atoms. The lowest BCUT2D eigenvalue weighted by molar-refractivity contribution is -0.140. The minimum Gasteiger partial charge on any atom is -0.506 e. The van der Waals surface area contributed by atoms with Gasteiger partial charge in [-0.2, -0.15) is 0 Å². The van der Waals surface area contributed by atoms with Gasteiger partial charge >= 0.3 is 5.97 Å². The summed E-state index contributed by atoms with van der Waals surface area (Å²) in [4.78, 5) is 23.4. The maximum absolute atomic E-state index is 12.3. The molecule has 0 unspecified atom stereocenters. The molecule has 0 radical (unpaired) electrons. The van der Waals surface area contributed by atoms with Crippen molar-refractivity contribution in [2.75, 3.05) is 5.32 Å². The summed E-state index contributed by atoms with van der Waals surface area (Å²) in [5.74, 6) is -2.31. The first-order chi connectivity index (χ1) is 9.66. The van der Waals surface area contributed by atoms with Gasteiger partial charge in [0.25, 0.3) is 0 Å². The summed E-state index contributed by atoms with van der Waals surface area (Å²) >= 11 is 0. The standard InChI is InChI=1S/C16H21NO4/c1-8(2)9-5-6-11(18)10(7-9)17-14(19)12-13(15(20)21)16(12,3)4/h5-8,12-13,18H,1-4H3,(H,17,19)(H,20,21)/t12-,13+/m1/s1. The van der Waals surface area contributed by atoms with Crippen molar-refractivity contribution >= 4 is 17.6 Å². The fourth-order valence-corrected chi connectivity index (χ4v) is 2.81. The van der Waals surface area contributed by atoms with Gasteiger partial charge in [0.05, 0.1) is 17.5 Å². The van der Waals surface area contributed by atoms with E-state index in [2.05, 4.69) is 5.32 Å². The van der Waals surface area contributed by atoms with Crippen molar-refractivity contribution in [2.24, 2.45) is 17.3 Å². The van der Waals surface area contributed by atoms with Crippen LogP contribution in [0.2, 0.25) is 0 Å². The number of anilines is 1. The van der Waals surface area contributed by atoms with Crippen LogP contribution in [-0.2, 0) is 9.59 Å². The summed E-state index contributed by atoms with van der Waals surface area (Å²) < 4.78 is 0. The molecule has 1 aromatic rings. The molecule has 0 saturated heterocycles. The van der Waals surface area contributed by atoms with Crippen LogP contribution >= 0.6 is 0 Å². The largest absolute Gasteiger partial charge is 0.506 e. The second-order valence-electron chi connectivity index (χ2n) is 6.54. The lowest BCUT2D eigenvalue weighted by Crippen LogP contribution is -2.18. The summed E-state index contributed by atoms with van der Waals surface area (Å²) in [5.41, 5.74) is 0.771. The van der Waals surface area contributed by atoms with Crippen molar-refractivity contribution < 1.29 is 19.8 Å². The summed E-state index contributed by atoms with van der Waals surface area (Å²) in [7, 11) is 0. The maximum atomic E-state index is 12.3. The maximum Gasteiger partial charge on any atom is 0.307 e. The molecule has 1 aliphatic rings. The first-order valence-electron chi connectivity index (χ1n) is 7.02. The Bertz CT molecular complexity index is 592. The van der Waals surface area contributed by atoms with Crippen LogP contribution in [0.25, 0.3) is 0 Å². The van der Waals surface area contributed by atoms with E-state index in [9.17, 15) is 14.7 Å². The van der Waals surface area contributed by atoms with Crippen LogP contribution in [0.5, 0.6) is 5.75 Å². The molecule has 5 heteroatoms. The topological polar surface area (TPSA) is 86.6 Å². The van der Waals surface area contributed by atoms with Gasteiger partial charge in [-0.3, -0.25) is 9.59 Å². The molecular weight excluding hydrogens is 270 g/mol. The summed E-state index contributed by atoms with van der Waals surface area (Å²) in [6, 6.07) is 5.07. The van der Waals surface area contributed by atoms with Gasteiger partial charge in [-0.25, -0.2) is 0 Å². The first kappa shape index (κ1) is 15.4. The molecule has 2 rings (SSSR count). The number of aliphatic carboxylic acids is 1. The number of carbonyl (C=O) groups is 2. The third kappa shape index (κ3) is 2.73. The lowest BCUT2D eigenvalue weighted by atomic mass is 10.0. The van der Waals surface area contributed by atoms with E-state index in [0.717, 1.165) is 5.56 Å². The number of rotatable bonds is 4. The van der Waals surface area contributed by atoms with Crippen molar-refractivity contribution in [3.8, 4) is 5.75 Å². The average molecular weight is 291 g/mol. The molecular formula is C16H21NO4. The zero-order chi connectivity index (χ0) is 15.9. The van der Waals surface area contributed by atoms with E-state index in [1.165, 1.54) is 6.07 Å². The number of hydrogen-bond acceptors (Lipinski definition) is 3. The Morgan fingerprint density at radius 2 is 1.86 bits per heavy atom. The Labute approximate surface area is 124 Å². The van der Waals surface area contributed by atoms with E-state index < -0.39 is 23.2 Å². The van der Waals surface area contributed by atoms with Gasteiger partial charge in [0.1, 0.15) is 5.75 Å². The number of nitrogens with one attached hydrogen (secondary N) is 1. The number of aromatic hydroxyl groups is 1. The fourth-order valence-electron chi connectivity index (χ4n) is 2.81. The molecule has 1 aliphatic carbocycles. The van der Waals surface area contributed by atoms with Crippen molar-refractivity contribution in [1.82, 2.24) is 0 Å². The van der Waals surface area contributed by atoms with Gasteiger partial charge in [0, 0.05) is 0 Å². The molecule has 1 aromatic carbocycles. The Morgan fingerprint density at radius 3 is 2.33 bits per heavy atom. The zero-order valence-corrected chi connectivity index (χ0v) is 12.7. The van der Waals surface area contributed by atoms with Gasteiger partial charge in [0.2, 0.25) is 5.91 Å². The van der Waals surface area contributed by atoms with Crippen molar-refractivity contribution in [1.29, 1.82) is 0 Å². The van der Waals surface area contributed by atoms with E-state index in [1.54, 1.807) is 26.0 Å². The van der Waals surface area contributed by atoms with Gasteiger partial charge in [0.15, 0.2) is 0 Å². The Hall–Kier alpha value is -2.04. The highest BCUT2D eigenvalue weighted by molar-refractivity contribution is 6.00. The van der Waals surface area contributed by atoms with E-state index in [1.807, 2.05) is 13.8 Å². The van der Waals surface area contributed by atoms with Gasteiger partial charge in [-0.15, -0.1) is 0 Å². The molecule has 1 fully saturated rings. The van der Waals surface area contributed by atoms with Gasteiger partial charge in [-0.1, -0.05) is 33.8 Å². The lowest BCUT2D eigenvalue weighted by Gasteiger charge is -2.12. The number of hydrogen-bond donors (Lipinski definition) is 3. The first-order valence-corrected chi connectivity index (χ1v) is 7.02. The SMILES string of the molecule is CC(C)c1ccc(O)c(NC(=O)[C@H]2[C@@H](C(=O)O)C2(C)C)c1. The molecule has 0 heterocycles. The van der Waals surface area contributed by atoms with E-state index in [4.69, 9.17) is 5.11 Å². The molecule has 1 saturated carbocycles. The van der Waals surface area contributed by atoms with Crippen LogP contribution < -0.4 is 5.32 Å². The Kier molecular flexibility index (Phi) is 3.70. The highest BCUT2D eigenvalue weighted by atomic mass is 16.4. The summed E-state index contributed by atoms with van der Waals surface area (Å²) in [5, 5.41) is 21.6. The highest BCUT2D eigenvalue weighted by Gasteiger charge is 2.65. The third-order valence-corrected chi connectivity index (χ3v) is 4.32. The third-order valence-electron chi connectivity index (χ3n) is 4.32. The van der Waals surface area contributed by atoms with E-state index in [-0.39, 0.29) is 17.6 Å². The van der Waals surface area contributed by atoms with Crippen molar-refractivity contribution in [3.05, 3.63) is 23.8 Å². The average Bonchev–Trinajstić information content (AvgIpc) is 2.95. The number of phenols is 1. The fraction of sp³-hybridized carbons (Fsp3) is 0.500. The Morgan fingerprint density at radius 1 is 1.24 bits per heavy atom. The molecule has 3 N–H and O–H groups in total. The number of phenolic OH excluding ortho intramolecular Hbond substituents is 1. The van der Waals surface area contributed by atoms with Crippen LogP contribution in [0.1, 0.15) is 39.2 Å². The van der Waals surface area contributed by atoms with Crippen LogP contribution in [0.4, 0.5) is 5.69 Å². The molecule has 0 aromatic heterocycles. The molecule has 1 amide bonds. The van der Waals surface area contributed by atoms with E-state index in [0.29, 0.717) is 5.69 Å². The van der Waals surface area contributed by atoms with Crippen molar-refractivity contribution in [3.63, 3.8) is 0 Å². The Balaban J connectivity index is 2.18. The normalized spacial score (nSPS) is 22.9. The van der Waals surface area contributed by atoms with Gasteiger partial charge in [-0.05, 0) is 29.0 Å². The smallest absolute Gasteiger partial charge is 0.307 e. The van der Waals surface area contributed by atoms with Crippen LogP contribution in [0.15, 0.2) is 18.2 Å². The number of carbonyl (C=O) groups excluding carboxylic acids is 1. The predicted molar refractivity (Wildman–Crippen MR) is 79.2 cm³/mol. The van der Waals surface area contributed by atoms with Crippen LogP contribution in [-0.4, -0.2) is 22.1 Å². The number of benzene rings is 1. The van der Waals surface area contributed by atoms with Crippen LogP contribution in [0, 0.1) is 17.3 Å². The second kappa shape index (κ2) is 5.06. The number of carboxylic acids is 1. The monoisotopic (exact) mass is 291 g/mol. The predicted octanol–water partition coefficient (Wildman–Crippen LogP) is 2.81. The molecule has 2 atom stereocenters. The second-order valence-corrected chi connectivity index (χ2v) is 6.54. The molecule has 21 heavy (non-hydrogen) atoms. The summed E-state index contributed by atoms with van der Waals surface area (Å²) in [6.07, 6.45) is 0. The molecule has 0 bridgehead atoms. The summed E-state index contributed by atoms with van der Waals surface area (Å²) in [6.45, 7) is 7.56. The van der Waals surface area contributed by atoms with Gasteiger partial charge < -0.3 is 15.5 Å². The molecule has 0 aliphatic heterocycles. The minimum atomic E-state index is -0.958. The van der Waals surface area contributed by atoms with E-state index >= 15 is 0 Å². The highest BCUT2D eigenvalue weighted by Crippen LogP contribution is 2.58. The van der Waals surface area contributed by atoms with Crippen molar-refractivity contribution in [2.45, 2.75) is 33.6 Å².